The van der Waals surface area contributed by atoms with Crippen LogP contribution >= 0.6 is 11.3 Å². The molecule has 0 spiro atoms. The molecule has 0 bridgehead atoms. The first kappa shape index (κ1) is 14.2. The molecule has 2 aromatic heterocycles. The number of thiophene rings is 1. The van der Waals surface area contributed by atoms with E-state index in [9.17, 15) is 9.59 Å². The first-order valence-corrected chi connectivity index (χ1v) is 7.86. The molecule has 2 atom stereocenters. The maximum Gasteiger partial charge on any atom is 0.263 e. The lowest BCUT2D eigenvalue weighted by molar-refractivity contribution is -0.124. The number of hydrogen-bond acceptors (Lipinski definition) is 5. The van der Waals surface area contributed by atoms with Crippen LogP contribution in [0, 0.1) is 5.92 Å². The van der Waals surface area contributed by atoms with Gasteiger partial charge in [-0.05, 0) is 37.7 Å². The van der Waals surface area contributed by atoms with Gasteiger partial charge in [0.25, 0.3) is 11.5 Å². The van der Waals surface area contributed by atoms with Crippen LogP contribution < -0.4 is 16.8 Å². The third kappa shape index (κ3) is 2.26. The monoisotopic (exact) mass is 306 g/mol. The molecular formula is C14H18N4O2S. The third-order valence-corrected chi connectivity index (χ3v) is 5.34. The quantitative estimate of drug-likeness (QED) is 0.494. The number of aromatic nitrogens is 2. The molecule has 0 saturated heterocycles. The van der Waals surface area contributed by atoms with Gasteiger partial charge in [-0.15, -0.1) is 11.3 Å². The van der Waals surface area contributed by atoms with Crippen molar-refractivity contribution in [1.82, 2.24) is 15.0 Å². The summed E-state index contributed by atoms with van der Waals surface area (Å²) in [6.07, 6.45) is 4.45. The topological polar surface area (TPSA) is 90.0 Å². The molecule has 0 fully saturated rings. The molecule has 0 aromatic carbocycles. The van der Waals surface area contributed by atoms with E-state index in [4.69, 9.17) is 5.84 Å². The zero-order valence-electron chi connectivity index (χ0n) is 12.0. The second-order valence-electron chi connectivity index (χ2n) is 5.67. The first-order chi connectivity index (χ1) is 10.0. The van der Waals surface area contributed by atoms with E-state index in [-0.39, 0.29) is 5.56 Å². The van der Waals surface area contributed by atoms with E-state index in [0.717, 1.165) is 29.7 Å². The van der Waals surface area contributed by atoms with Gasteiger partial charge >= 0.3 is 0 Å². The molecule has 6 nitrogen and oxygen atoms in total. The van der Waals surface area contributed by atoms with E-state index in [2.05, 4.69) is 17.3 Å². The van der Waals surface area contributed by atoms with Gasteiger partial charge in [0.15, 0.2) is 0 Å². The molecule has 0 saturated carbocycles. The van der Waals surface area contributed by atoms with Gasteiger partial charge in [0.05, 0.1) is 11.7 Å². The molecule has 3 rings (SSSR count). The maximum absolute atomic E-state index is 12.7. The summed E-state index contributed by atoms with van der Waals surface area (Å²) in [5.74, 6) is 5.39. The van der Waals surface area contributed by atoms with Crippen LogP contribution in [0.15, 0.2) is 11.1 Å². The number of aryl methyl sites for hydroxylation is 1. The van der Waals surface area contributed by atoms with Crippen molar-refractivity contribution >= 4 is 27.5 Å². The summed E-state index contributed by atoms with van der Waals surface area (Å²) in [7, 11) is 0. The van der Waals surface area contributed by atoms with Crippen LogP contribution in [0.3, 0.4) is 0 Å². The summed E-state index contributed by atoms with van der Waals surface area (Å²) in [6, 6.07) is -0.669. The number of nitrogens with two attached hydrogens (primary N) is 1. The van der Waals surface area contributed by atoms with Crippen molar-refractivity contribution in [2.75, 3.05) is 0 Å². The smallest absolute Gasteiger partial charge is 0.263 e. The highest BCUT2D eigenvalue weighted by atomic mass is 32.1. The SMILES string of the molecule is C[C@H]1CCc2c(sc3ncn([C@H](C)C(=O)NN)c(=O)c23)C1. The van der Waals surface area contributed by atoms with Gasteiger partial charge in [0.1, 0.15) is 10.9 Å². The van der Waals surface area contributed by atoms with Crippen molar-refractivity contribution in [3.63, 3.8) is 0 Å². The van der Waals surface area contributed by atoms with Gasteiger partial charge in [0.2, 0.25) is 0 Å². The van der Waals surface area contributed by atoms with Gasteiger partial charge in [-0.2, -0.15) is 0 Å². The number of carbonyl (C=O) groups excluding carboxylic acids is 1. The fourth-order valence-corrected chi connectivity index (χ4v) is 4.21. The summed E-state index contributed by atoms with van der Waals surface area (Å²) in [5.41, 5.74) is 3.05. The normalized spacial score (nSPS) is 19.3. The number of hydrazine groups is 1. The highest BCUT2D eigenvalue weighted by molar-refractivity contribution is 7.18. The number of fused-ring (bicyclic) bond motifs is 3. The van der Waals surface area contributed by atoms with Crippen molar-refractivity contribution in [1.29, 1.82) is 0 Å². The van der Waals surface area contributed by atoms with Crippen molar-refractivity contribution in [2.24, 2.45) is 11.8 Å². The molecule has 1 aliphatic carbocycles. The van der Waals surface area contributed by atoms with Gasteiger partial charge in [-0.25, -0.2) is 10.8 Å². The summed E-state index contributed by atoms with van der Waals surface area (Å²) in [5, 5.41) is 0.682. The summed E-state index contributed by atoms with van der Waals surface area (Å²) < 4.78 is 1.36. The second-order valence-corrected chi connectivity index (χ2v) is 6.76. The number of rotatable bonds is 2. The standard InChI is InChI=1S/C14H18N4O2S/c1-7-3-4-9-10(5-7)21-13-11(9)14(20)18(6-16-13)8(2)12(19)17-15/h6-8H,3-5,15H2,1-2H3,(H,17,19)/t7-,8+/m0/s1. The van der Waals surface area contributed by atoms with Gasteiger partial charge in [-0.1, -0.05) is 6.92 Å². The van der Waals surface area contributed by atoms with Crippen molar-refractivity contribution in [3.05, 3.63) is 27.1 Å². The highest BCUT2D eigenvalue weighted by Gasteiger charge is 2.24. The number of nitrogens with zero attached hydrogens (tertiary/aromatic N) is 2. The Labute approximate surface area is 125 Å². The zero-order chi connectivity index (χ0) is 15.1. The zero-order valence-corrected chi connectivity index (χ0v) is 12.9. The van der Waals surface area contributed by atoms with Gasteiger partial charge in [0, 0.05) is 4.88 Å². The predicted molar refractivity (Wildman–Crippen MR) is 82.1 cm³/mol. The summed E-state index contributed by atoms with van der Waals surface area (Å²) in [4.78, 5) is 30.8. The molecule has 1 aliphatic rings. The molecule has 21 heavy (non-hydrogen) atoms. The maximum atomic E-state index is 12.7. The molecule has 2 heterocycles. The Kier molecular flexibility index (Phi) is 3.54. The Hall–Kier alpha value is -1.73. The van der Waals surface area contributed by atoms with E-state index in [1.165, 1.54) is 15.8 Å². The Morgan fingerprint density at radius 2 is 2.38 bits per heavy atom. The van der Waals surface area contributed by atoms with Gasteiger partial charge in [-0.3, -0.25) is 19.6 Å². The van der Waals surface area contributed by atoms with E-state index >= 15 is 0 Å². The minimum Gasteiger partial charge on any atom is -0.292 e. The molecule has 7 heteroatoms. The number of hydrogen-bond donors (Lipinski definition) is 2. The van der Waals surface area contributed by atoms with Gasteiger partial charge < -0.3 is 0 Å². The Balaban J connectivity index is 2.17. The average molecular weight is 306 g/mol. The van der Waals surface area contributed by atoms with Crippen LogP contribution in [0.4, 0.5) is 0 Å². The Bertz CT molecular complexity index is 764. The van der Waals surface area contributed by atoms with Crippen molar-refractivity contribution in [3.8, 4) is 0 Å². The van der Waals surface area contributed by atoms with Crippen LogP contribution in [-0.2, 0) is 17.6 Å². The third-order valence-electron chi connectivity index (χ3n) is 4.18. The lowest BCUT2D eigenvalue weighted by atomic mass is 9.89. The molecule has 112 valence electrons. The van der Waals surface area contributed by atoms with Crippen molar-refractivity contribution in [2.45, 2.75) is 39.2 Å². The minimum absolute atomic E-state index is 0.150. The Morgan fingerprint density at radius 1 is 1.62 bits per heavy atom. The minimum atomic E-state index is -0.669. The predicted octanol–water partition coefficient (Wildman–Crippen LogP) is 1.13. The van der Waals surface area contributed by atoms with E-state index in [1.54, 1.807) is 18.3 Å². The molecule has 3 N–H and O–H groups in total. The highest BCUT2D eigenvalue weighted by Crippen LogP contribution is 2.35. The summed E-state index contributed by atoms with van der Waals surface area (Å²) >= 11 is 1.60. The fourth-order valence-electron chi connectivity index (χ4n) is 2.87. The van der Waals surface area contributed by atoms with Crippen LogP contribution in [0.2, 0.25) is 0 Å². The van der Waals surface area contributed by atoms with E-state index in [0.29, 0.717) is 11.3 Å². The molecule has 0 aliphatic heterocycles. The molecule has 0 radical (unpaired) electrons. The van der Waals surface area contributed by atoms with E-state index < -0.39 is 11.9 Å². The average Bonchev–Trinajstić information content (AvgIpc) is 2.84. The fraction of sp³-hybridized carbons (Fsp3) is 0.500. The Morgan fingerprint density at radius 3 is 3.10 bits per heavy atom. The van der Waals surface area contributed by atoms with E-state index in [1.807, 2.05) is 0 Å². The molecule has 2 aromatic rings. The number of nitrogens with one attached hydrogen (secondary N) is 1. The number of carbonyl (C=O) groups is 1. The summed E-state index contributed by atoms with van der Waals surface area (Å²) in [6.45, 7) is 3.87. The van der Waals surface area contributed by atoms with Crippen LogP contribution in [0.5, 0.6) is 0 Å². The van der Waals surface area contributed by atoms with Crippen LogP contribution in [-0.4, -0.2) is 15.5 Å². The first-order valence-electron chi connectivity index (χ1n) is 7.04. The molecule has 1 amide bonds. The molecular weight excluding hydrogens is 288 g/mol. The van der Waals surface area contributed by atoms with Crippen LogP contribution in [0.1, 0.15) is 36.8 Å². The lowest BCUT2D eigenvalue weighted by Gasteiger charge is -2.18. The van der Waals surface area contributed by atoms with Crippen molar-refractivity contribution < 1.29 is 4.79 Å². The largest absolute Gasteiger partial charge is 0.292 e. The van der Waals surface area contributed by atoms with Crippen LogP contribution in [0.25, 0.3) is 10.2 Å². The number of amides is 1. The second kappa shape index (κ2) is 5.23. The lowest BCUT2D eigenvalue weighted by Crippen LogP contribution is -2.39. The molecule has 0 unspecified atom stereocenters.